The number of halogens is 1. The fourth-order valence-electron chi connectivity index (χ4n) is 1.56. The van der Waals surface area contributed by atoms with Crippen molar-refractivity contribution in [1.82, 2.24) is 0 Å². The highest BCUT2D eigenvalue weighted by molar-refractivity contribution is 9.10. The molecule has 3 nitrogen and oxygen atoms in total. The molecular formula is C15H14BrNO2. The van der Waals surface area contributed by atoms with Crippen molar-refractivity contribution >= 4 is 27.5 Å². The van der Waals surface area contributed by atoms with Gasteiger partial charge in [0, 0.05) is 10.2 Å². The molecule has 2 aromatic carbocycles. The van der Waals surface area contributed by atoms with Gasteiger partial charge in [-0.15, -0.1) is 0 Å². The Labute approximate surface area is 120 Å². The zero-order chi connectivity index (χ0) is 13.7. The van der Waals surface area contributed by atoms with E-state index in [1.165, 1.54) is 0 Å². The van der Waals surface area contributed by atoms with Gasteiger partial charge in [-0.2, -0.15) is 0 Å². The summed E-state index contributed by atoms with van der Waals surface area (Å²) in [7, 11) is 0. The Hall–Kier alpha value is -1.81. The highest BCUT2D eigenvalue weighted by Crippen LogP contribution is 2.19. The number of para-hydroxylation sites is 1. The van der Waals surface area contributed by atoms with E-state index in [-0.39, 0.29) is 5.91 Å². The third-order valence-electron chi connectivity index (χ3n) is 2.52. The first kappa shape index (κ1) is 13.6. The fourth-order valence-corrected chi connectivity index (χ4v) is 1.94. The summed E-state index contributed by atoms with van der Waals surface area (Å²) in [5.74, 6) is 0.483. The molecule has 19 heavy (non-hydrogen) atoms. The molecule has 0 heterocycles. The molecule has 2 rings (SSSR count). The Morgan fingerprint density at radius 2 is 1.89 bits per heavy atom. The second-order valence-corrected chi connectivity index (χ2v) is 4.99. The number of amides is 1. The second kappa shape index (κ2) is 6.38. The van der Waals surface area contributed by atoms with E-state index >= 15 is 0 Å². The van der Waals surface area contributed by atoms with Gasteiger partial charge in [0.25, 0.3) is 5.91 Å². The van der Waals surface area contributed by atoms with Crippen LogP contribution in [0.3, 0.4) is 0 Å². The van der Waals surface area contributed by atoms with E-state index in [9.17, 15) is 4.79 Å². The fraction of sp³-hybridized carbons (Fsp3) is 0.133. The average molecular weight is 320 g/mol. The van der Waals surface area contributed by atoms with E-state index in [4.69, 9.17) is 4.74 Å². The molecule has 0 spiro atoms. The normalized spacial score (nSPS) is 11.7. The minimum absolute atomic E-state index is 0.175. The third kappa shape index (κ3) is 4.10. The lowest BCUT2D eigenvalue weighted by atomic mass is 10.3. The molecule has 0 radical (unpaired) electrons. The van der Waals surface area contributed by atoms with Crippen molar-refractivity contribution in [2.75, 3.05) is 5.32 Å². The van der Waals surface area contributed by atoms with Crippen molar-refractivity contribution < 1.29 is 9.53 Å². The van der Waals surface area contributed by atoms with E-state index in [1.54, 1.807) is 6.92 Å². The van der Waals surface area contributed by atoms with Crippen molar-refractivity contribution in [2.24, 2.45) is 0 Å². The number of hydrogen-bond donors (Lipinski definition) is 1. The molecule has 0 aliphatic carbocycles. The zero-order valence-corrected chi connectivity index (χ0v) is 12.1. The third-order valence-corrected chi connectivity index (χ3v) is 3.01. The standard InChI is InChI=1S/C15H14BrNO2/c1-11(19-14-9-5-6-12(16)10-14)15(18)17-13-7-3-2-4-8-13/h2-11H,1H3,(H,17,18)/t11-/m1/s1. The Morgan fingerprint density at radius 3 is 2.58 bits per heavy atom. The predicted octanol–water partition coefficient (Wildman–Crippen LogP) is 3.86. The van der Waals surface area contributed by atoms with Crippen LogP contribution in [0.2, 0.25) is 0 Å². The maximum absolute atomic E-state index is 12.0. The molecule has 0 saturated carbocycles. The van der Waals surface area contributed by atoms with Crippen molar-refractivity contribution in [3.8, 4) is 5.75 Å². The maximum Gasteiger partial charge on any atom is 0.265 e. The molecule has 0 aromatic heterocycles. The van der Waals surface area contributed by atoms with Gasteiger partial charge in [-0.3, -0.25) is 4.79 Å². The summed E-state index contributed by atoms with van der Waals surface area (Å²) >= 11 is 3.36. The number of benzene rings is 2. The highest BCUT2D eigenvalue weighted by atomic mass is 79.9. The van der Waals surface area contributed by atoms with Gasteiger partial charge >= 0.3 is 0 Å². The van der Waals surface area contributed by atoms with Gasteiger partial charge in [-0.1, -0.05) is 40.2 Å². The summed E-state index contributed by atoms with van der Waals surface area (Å²) in [5, 5.41) is 2.80. The number of hydrogen-bond acceptors (Lipinski definition) is 2. The largest absolute Gasteiger partial charge is 0.481 e. The van der Waals surface area contributed by atoms with Crippen LogP contribution in [0.5, 0.6) is 5.75 Å². The smallest absolute Gasteiger partial charge is 0.265 e. The molecular weight excluding hydrogens is 306 g/mol. The van der Waals surface area contributed by atoms with Crippen LogP contribution in [-0.4, -0.2) is 12.0 Å². The van der Waals surface area contributed by atoms with Crippen molar-refractivity contribution in [3.63, 3.8) is 0 Å². The first-order valence-electron chi connectivity index (χ1n) is 5.93. The summed E-state index contributed by atoms with van der Waals surface area (Å²) in [5.41, 5.74) is 0.761. The Bertz CT molecular complexity index is 557. The minimum atomic E-state index is -0.561. The van der Waals surface area contributed by atoms with Crippen LogP contribution >= 0.6 is 15.9 Å². The molecule has 0 saturated heterocycles. The van der Waals surface area contributed by atoms with Crippen LogP contribution in [-0.2, 0) is 4.79 Å². The first-order valence-corrected chi connectivity index (χ1v) is 6.72. The maximum atomic E-state index is 12.0. The molecule has 98 valence electrons. The van der Waals surface area contributed by atoms with E-state index < -0.39 is 6.10 Å². The monoisotopic (exact) mass is 319 g/mol. The SMILES string of the molecule is C[C@@H](Oc1cccc(Br)c1)C(=O)Nc1ccccc1. The first-order chi connectivity index (χ1) is 9.15. The topological polar surface area (TPSA) is 38.3 Å². The van der Waals surface area contributed by atoms with Crippen molar-refractivity contribution in [2.45, 2.75) is 13.0 Å². The average Bonchev–Trinajstić information content (AvgIpc) is 2.40. The number of anilines is 1. The zero-order valence-electron chi connectivity index (χ0n) is 10.5. The quantitative estimate of drug-likeness (QED) is 0.929. The molecule has 0 bridgehead atoms. The van der Waals surface area contributed by atoms with E-state index in [2.05, 4.69) is 21.2 Å². The highest BCUT2D eigenvalue weighted by Gasteiger charge is 2.14. The molecule has 1 atom stereocenters. The van der Waals surface area contributed by atoms with Crippen LogP contribution in [0.1, 0.15) is 6.92 Å². The lowest BCUT2D eigenvalue weighted by Crippen LogP contribution is -2.30. The Kier molecular flexibility index (Phi) is 4.58. The molecule has 4 heteroatoms. The van der Waals surface area contributed by atoms with E-state index in [0.717, 1.165) is 10.2 Å². The van der Waals surface area contributed by atoms with Gasteiger partial charge in [-0.05, 0) is 37.3 Å². The van der Waals surface area contributed by atoms with Gasteiger partial charge < -0.3 is 10.1 Å². The Balaban J connectivity index is 1.96. The van der Waals surface area contributed by atoms with Crippen LogP contribution in [0.15, 0.2) is 59.1 Å². The number of rotatable bonds is 4. The van der Waals surface area contributed by atoms with Crippen LogP contribution < -0.4 is 10.1 Å². The predicted molar refractivity (Wildman–Crippen MR) is 79.3 cm³/mol. The summed E-state index contributed by atoms with van der Waals surface area (Å²) in [6, 6.07) is 16.7. The summed E-state index contributed by atoms with van der Waals surface area (Å²) in [6.45, 7) is 1.72. The van der Waals surface area contributed by atoms with Crippen LogP contribution in [0.25, 0.3) is 0 Å². The summed E-state index contributed by atoms with van der Waals surface area (Å²) < 4.78 is 6.50. The molecule has 2 aromatic rings. The molecule has 1 amide bonds. The second-order valence-electron chi connectivity index (χ2n) is 4.07. The van der Waals surface area contributed by atoms with E-state index in [0.29, 0.717) is 5.75 Å². The van der Waals surface area contributed by atoms with Gasteiger partial charge in [0.2, 0.25) is 0 Å². The van der Waals surface area contributed by atoms with Crippen molar-refractivity contribution in [1.29, 1.82) is 0 Å². The van der Waals surface area contributed by atoms with Gasteiger partial charge in [0.15, 0.2) is 6.10 Å². The number of ether oxygens (including phenoxy) is 1. The summed E-state index contributed by atoms with van der Waals surface area (Å²) in [6.07, 6.45) is -0.561. The molecule has 0 unspecified atom stereocenters. The van der Waals surface area contributed by atoms with Crippen molar-refractivity contribution in [3.05, 3.63) is 59.1 Å². The number of nitrogens with one attached hydrogen (secondary N) is 1. The molecule has 0 aliphatic heterocycles. The van der Waals surface area contributed by atoms with Crippen LogP contribution in [0, 0.1) is 0 Å². The van der Waals surface area contributed by atoms with Gasteiger partial charge in [0.1, 0.15) is 5.75 Å². The number of carbonyl (C=O) groups excluding carboxylic acids is 1. The molecule has 1 N–H and O–H groups in total. The van der Waals surface area contributed by atoms with Crippen LogP contribution in [0.4, 0.5) is 5.69 Å². The van der Waals surface area contributed by atoms with Gasteiger partial charge in [-0.25, -0.2) is 0 Å². The molecule has 0 aliphatic rings. The number of carbonyl (C=O) groups is 1. The Morgan fingerprint density at radius 1 is 1.16 bits per heavy atom. The lowest BCUT2D eigenvalue weighted by Gasteiger charge is -2.14. The summed E-state index contributed by atoms with van der Waals surface area (Å²) in [4.78, 5) is 12.0. The molecule has 0 fully saturated rings. The lowest BCUT2D eigenvalue weighted by molar-refractivity contribution is -0.122. The van der Waals surface area contributed by atoms with Gasteiger partial charge in [0.05, 0.1) is 0 Å². The minimum Gasteiger partial charge on any atom is -0.481 e. The van der Waals surface area contributed by atoms with E-state index in [1.807, 2.05) is 54.6 Å².